The van der Waals surface area contributed by atoms with Gasteiger partial charge in [0.25, 0.3) is 0 Å². The van der Waals surface area contributed by atoms with E-state index in [2.05, 4.69) is 22.6 Å². The van der Waals surface area contributed by atoms with E-state index in [0.29, 0.717) is 31.1 Å². The highest BCUT2D eigenvalue weighted by atomic mass is 127. The lowest BCUT2D eigenvalue weighted by molar-refractivity contribution is -0.137. The number of halogens is 1. The lowest BCUT2D eigenvalue weighted by Crippen LogP contribution is -2.28. The van der Waals surface area contributed by atoms with Gasteiger partial charge in [0.05, 0.1) is 31.5 Å². The van der Waals surface area contributed by atoms with Crippen LogP contribution in [0, 0.1) is 3.57 Å². The number of hydrogen-bond acceptors (Lipinski definition) is 7. The topological polar surface area (TPSA) is 65.1 Å². The Morgan fingerprint density at radius 1 is 0.900 bits per heavy atom. The summed E-state index contributed by atoms with van der Waals surface area (Å²) in [6.07, 6.45) is 5.72. The number of nitrogens with zero attached hydrogens (tertiary/aromatic N) is 1. The first-order valence-corrected chi connectivity index (χ1v) is 15.4. The van der Waals surface area contributed by atoms with Gasteiger partial charge in [0.2, 0.25) is 5.91 Å². The van der Waals surface area contributed by atoms with Gasteiger partial charge in [0, 0.05) is 32.2 Å². The number of esters is 1. The van der Waals surface area contributed by atoms with Crippen LogP contribution in [0.4, 0.5) is 0 Å². The van der Waals surface area contributed by atoms with Crippen LogP contribution in [0.3, 0.4) is 0 Å². The summed E-state index contributed by atoms with van der Waals surface area (Å²) >= 11 is 5.41. The van der Waals surface area contributed by atoms with E-state index >= 15 is 0 Å². The first-order valence-electron chi connectivity index (χ1n) is 12.6. The highest BCUT2D eigenvalue weighted by Gasteiger charge is 2.18. The predicted molar refractivity (Wildman–Crippen MR) is 171 cm³/mol. The first kappa shape index (κ1) is 31.6. The molecule has 40 heavy (non-hydrogen) atoms. The molecule has 0 radical (unpaired) electrons. The average Bonchev–Trinajstić information content (AvgIpc) is 2.96. The molecule has 6 nitrogen and oxygen atoms in total. The van der Waals surface area contributed by atoms with Gasteiger partial charge in [-0.15, -0.1) is 0 Å². The fourth-order valence-electron chi connectivity index (χ4n) is 3.55. The lowest BCUT2D eigenvalue weighted by Gasteiger charge is -2.21. The molecule has 3 aromatic carbocycles. The largest absolute Gasteiger partial charge is 0.493 e. The van der Waals surface area contributed by atoms with E-state index in [0.717, 1.165) is 23.2 Å². The summed E-state index contributed by atoms with van der Waals surface area (Å²) < 4.78 is 17.7. The van der Waals surface area contributed by atoms with Crippen LogP contribution < -0.4 is 9.47 Å². The minimum atomic E-state index is -0.393. The molecule has 0 spiro atoms. The van der Waals surface area contributed by atoms with Gasteiger partial charge >= 0.3 is 5.97 Å². The van der Waals surface area contributed by atoms with Crippen LogP contribution in [0.1, 0.15) is 18.9 Å². The van der Waals surface area contributed by atoms with Crippen LogP contribution in [0.2, 0.25) is 0 Å². The van der Waals surface area contributed by atoms with Crippen molar-refractivity contribution in [3.05, 3.63) is 105 Å². The molecule has 0 heterocycles. The van der Waals surface area contributed by atoms with Crippen molar-refractivity contribution >= 4 is 58.0 Å². The molecule has 0 aliphatic carbocycles. The number of benzene rings is 3. The van der Waals surface area contributed by atoms with Crippen molar-refractivity contribution in [1.29, 1.82) is 0 Å². The number of carbonyl (C=O) groups excluding carboxylic acids is 2. The molecule has 0 aliphatic heterocycles. The van der Waals surface area contributed by atoms with Crippen molar-refractivity contribution in [3.63, 3.8) is 0 Å². The Morgan fingerprint density at radius 2 is 1.48 bits per heavy atom. The van der Waals surface area contributed by atoms with Crippen LogP contribution in [-0.4, -0.2) is 44.1 Å². The number of rotatable bonds is 14. The fraction of sp³-hybridized carbons (Fsp3) is 0.226. The maximum Gasteiger partial charge on any atom is 0.330 e. The molecule has 0 aromatic heterocycles. The van der Waals surface area contributed by atoms with Gasteiger partial charge in [-0.2, -0.15) is 0 Å². The number of thioether (sulfide) groups is 2. The molecule has 0 unspecified atom stereocenters. The summed E-state index contributed by atoms with van der Waals surface area (Å²) in [5.74, 6) is 0.722. The Bertz CT molecular complexity index is 1270. The van der Waals surface area contributed by atoms with Gasteiger partial charge in [-0.3, -0.25) is 4.79 Å². The molecule has 0 aliphatic rings. The second-order valence-electron chi connectivity index (χ2n) is 8.28. The van der Waals surface area contributed by atoms with Crippen LogP contribution in [0.15, 0.2) is 105 Å². The number of amides is 1. The summed E-state index contributed by atoms with van der Waals surface area (Å²) in [5, 5.41) is 0. The van der Waals surface area contributed by atoms with Gasteiger partial charge in [-0.1, -0.05) is 66.0 Å². The van der Waals surface area contributed by atoms with Crippen molar-refractivity contribution in [2.24, 2.45) is 0 Å². The molecule has 0 bridgehead atoms. The van der Waals surface area contributed by atoms with E-state index in [4.69, 9.17) is 14.2 Å². The van der Waals surface area contributed by atoms with Gasteiger partial charge in [-0.25, -0.2) is 4.79 Å². The van der Waals surface area contributed by atoms with Gasteiger partial charge < -0.3 is 19.1 Å². The second-order valence-corrected chi connectivity index (χ2v) is 11.9. The smallest absolute Gasteiger partial charge is 0.330 e. The molecule has 3 rings (SSSR count). The highest BCUT2D eigenvalue weighted by molar-refractivity contribution is 14.1. The molecule has 0 saturated carbocycles. The van der Waals surface area contributed by atoms with Crippen LogP contribution >= 0.6 is 46.1 Å². The third kappa shape index (κ3) is 10.3. The van der Waals surface area contributed by atoms with Crippen molar-refractivity contribution in [2.75, 3.05) is 27.4 Å². The van der Waals surface area contributed by atoms with Crippen LogP contribution in [0.5, 0.6) is 11.5 Å². The molecule has 1 amide bonds. The van der Waals surface area contributed by atoms with E-state index < -0.39 is 5.97 Å². The molecular formula is C31H32INO5S2. The molecule has 0 N–H and O–H groups in total. The highest BCUT2D eigenvalue weighted by Crippen LogP contribution is 2.39. The number of carbonyl (C=O) groups is 2. The van der Waals surface area contributed by atoms with Crippen molar-refractivity contribution in [1.82, 2.24) is 4.90 Å². The Balaban J connectivity index is 1.92. The van der Waals surface area contributed by atoms with Crippen molar-refractivity contribution in [3.8, 4) is 11.5 Å². The lowest BCUT2D eigenvalue weighted by atomic mass is 10.1. The maximum absolute atomic E-state index is 13.8. The number of hydrogen-bond donors (Lipinski definition) is 0. The summed E-state index contributed by atoms with van der Waals surface area (Å²) in [6, 6.07) is 23.8. The Hall–Kier alpha value is -2.89. The van der Waals surface area contributed by atoms with Crippen molar-refractivity contribution < 1.29 is 23.8 Å². The zero-order chi connectivity index (χ0) is 28.7. The molecule has 3 aromatic rings. The Morgan fingerprint density at radius 3 is 2.02 bits per heavy atom. The van der Waals surface area contributed by atoms with Gasteiger partial charge in [-0.05, 0) is 77.9 Å². The maximum atomic E-state index is 13.8. The average molecular weight is 690 g/mol. The molecule has 0 fully saturated rings. The predicted octanol–water partition coefficient (Wildman–Crippen LogP) is 7.57. The van der Waals surface area contributed by atoms with Crippen LogP contribution in [-0.2, 0) is 20.7 Å². The van der Waals surface area contributed by atoms with Crippen LogP contribution in [0.25, 0.3) is 0 Å². The second kappa shape index (κ2) is 17.0. The summed E-state index contributed by atoms with van der Waals surface area (Å²) in [7, 11) is 3.17. The van der Waals surface area contributed by atoms with E-state index in [-0.39, 0.29) is 12.3 Å². The van der Waals surface area contributed by atoms with Gasteiger partial charge in [0.15, 0.2) is 11.5 Å². The zero-order valence-corrected chi connectivity index (χ0v) is 26.5. The Labute approximate surface area is 258 Å². The standard InChI is InChI=1S/C31H32INO5S2/c1-4-38-30(35)17-11-12-18-33(29(34)20-23-19-27(36-2)28(37-3)21-26(23)32)22-31(39-24-13-7-5-8-14-24)40-25-15-9-6-10-16-25/h5-11,13-17,19,21-22H,4,12,18,20H2,1-3H3/b17-11+. The summed E-state index contributed by atoms with van der Waals surface area (Å²) in [5.41, 5.74) is 0.844. The number of ether oxygens (including phenoxy) is 3. The quantitative estimate of drug-likeness (QED) is 0.0749. The molecule has 210 valence electrons. The van der Waals surface area contributed by atoms with Gasteiger partial charge in [0.1, 0.15) is 0 Å². The SMILES string of the molecule is CCOC(=O)/C=C/CCN(C=C(Sc1ccccc1)Sc1ccccc1)C(=O)Cc1cc(OC)c(OC)cc1I. The Kier molecular flexibility index (Phi) is 13.5. The monoisotopic (exact) mass is 689 g/mol. The van der Waals surface area contributed by atoms with E-state index in [1.54, 1.807) is 55.6 Å². The molecule has 0 atom stereocenters. The summed E-state index contributed by atoms with van der Waals surface area (Å²) in [4.78, 5) is 29.4. The van der Waals surface area contributed by atoms with E-state index in [1.165, 1.54) is 6.08 Å². The minimum Gasteiger partial charge on any atom is -0.493 e. The van der Waals surface area contributed by atoms with E-state index in [9.17, 15) is 9.59 Å². The normalized spacial score (nSPS) is 10.7. The minimum absolute atomic E-state index is 0.0745. The first-order chi connectivity index (χ1) is 19.4. The van der Waals surface area contributed by atoms with Crippen molar-refractivity contribution in [2.45, 2.75) is 29.6 Å². The number of methoxy groups -OCH3 is 2. The molecular weight excluding hydrogens is 657 g/mol. The summed E-state index contributed by atoms with van der Waals surface area (Å²) in [6.45, 7) is 2.48. The molecule has 9 heteroatoms. The third-order valence-corrected chi connectivity index (χ3v) is 8.61. The molecule has 0 saturated heterocycles. The third-order valence-electron chi connectivity index (χ3n) is 5.48. The fourth-order valence-corrected chi connectivity index (χ4v) is 6.34. The van der Waals surface area contributed by atoms with E-state index in [1.807, 2.05) is 79.0 Å². The zero-order valence-electron chi connectivity index (χ0n) is 22.7.